The zero-order chi connectivity index (χ0) is 21.5. The standard InChI is InChI=1S/C23H27N3O4/c1-15(2)14-30-23(28)26-20(12-16-13-24-18-9-5-4-8-17(16)18)22(27)25-19-10-6-7-11-21(19)29-3/h4-11,13,15,20,24H,12,14H2,1-3H3,(H,25,27)(H,26,28)/t20-/m1/s1. The first-order valence-corrected chi connectivity index (χ1v) is 9.90. The molecule has 2 aromatic carbocycles. The first kappa shape index (κ1) is 21.2. The van der Waals surface area contributed by atoms with Crippen molar-refractivity contribution in [3.05, 3.63) is 60.3 Å². The van der Waals surface area contributed by atoms with E-state index in [2.05, 4.69) is 15.6 Å². The van der Waals surface area contributed by atoms with E-state index in [0.717, 1.165) is 16.5 Å². The van der Waals surface area contributed by atoms with E-state index in [0.29, 0.717) is 17.9 Å². The fourth-order valence-corrected chi connectivity index (χ4v) is 3.12. The molecule has 7 nitrogen and oxygen atoms in total. The van der Waals surface area contributed by atoms with Gasteiger partial charge in [-0.25, -0.2) is 4.79 Å². The lowest BCUT2D eigenvalue weighted by Crippen LogP contribution is -2.45. The average molecular weight is 409 g/mol. The van der Waals surface area contributed by atoms with Crippen LogP contribution in [0.25, 0.3) is 10.9 Å². The highest BCUT2D eigenvalue weighted by Gasteiger charge is 2.24. The lowest BCUT2D eigenvalue weighted by atomic mass is 10.0. The Bertz CT molecular complexity index is 1010. The normalized spacial score (nSPS) is 11.9. The van der Waals surface area contributed by atoms with E-state index < -0.39 is 12.1 Å². The molecule has 1 atom stereocenters. The number of para-hydroxylation sites is 3. The number of carbonyl (C=O) groups excluding carboxylic acids is 2. The number of fused-ring (bicyclic) bond motifs is 1. The van der Waals surface area contributed by atoms with Crippen LogP contribution in [0.4, 0.5) is 10.5 Å². The van der Waals surface area contributed by atoms with Crippen LogP contribution in [0.1, 0.15) is 19.4 Å². The Hall–Kier alpha value is -3.48. The number of amides is 2. The van der Waals surface area contributed by atoms with Crippen LogP contribution >= 0.6 is 0 Å². The molecule has 0 aliphatic rings. The van der Waals surface area contributed by atoms with Gasteiger partial charge in [-0.05, 0) is 29.7 Å². The number of anilines is 1. The van der Waals surface area contributed by atoms with Gasteiger partial charge in [-0.1, -0.05) is 44.2 Å². The van der Waals surface area contributed by atoms with Gasteiger partial charge in [0.05, 0.1) is 19.4 Å². The number of hydrogen-bond acceptors (Lipinski definition) is 4. The van der Waals surface area contributed by atoms with Crippen LogP contribution in [-0.2, 0) is 16.0 Å². The second-order valence-corrected chi connectivity index (χ2v) is 7.44. The van der Waals surface area contributed by atoms with Gasteiger partial charge in [0.25, 0.3) is 0 Å². The van der Waals surface area contributed by atoms with E-state index in [1.165, 1.54) is 7.11 Å². The van der Waals surface area contributed by atoms with Crippen molar-refractivity contribution in [2.75, 3.05) is 19.0 Å². The average Bonchev–Trinajstić information content (AvgIpc) is 3.15. The Morgan fingerprint density at radius 2 is 1.80 bits per heavy atom. The highest BCUT2D eigenvalue weighted by molar-refractivity contribution is 5.98. The van der Waals surface area contributed by atoms with Crippen molar-refractivity contribution in [2.24, 2.45) is 5.92 Å². The fraction of sp³-hybridized carbons (Fsp3) is 0.304. The summed E-state index contributed by atoms with van der Waals surface area (Å²) in [6.45, 7) is 4.18. The molecule has 3 rings (SSSR count). The molecule has 0 radical (unpaired) electrons. The third kappa shape index (κ3) is 5.31. The number of H-pyrrole nitrogens is 1. The summed E-state index contributed by atoms with van der Waals surface area (Å²) in [6.07, 6.45) is 1.54. The van der Waals surface area contributed by atoms with Crippen molar-refractivity contribution in [2.45, 2.75) is 26.3 Å². The summed E-state index contributed by atoms with van der Waals surface area (Å²) in [5.74, 6) is 0.385. The second-order valence-electron chi connectivity index (χ2n) is 7.44. The molecule has 0 aliphatic heterocycles. The van der Waals surface area contributed by atoms with Crippen LogP contribution in [0.2, 0.25) is 0 Å². The topological polar surface area (TPSA) is 92.5 Å². The third-order valence-electron chi connectivity index (χ3n) is 4.62. The summed E-state index contributed by atoms with van der Waals surface area (Å²) in [5, 5.41) is 6.56. The van der Waals surface area contributed by atoms with Crippen molar-refractivity contribution in [1.29, 1.82) is 0 Å². The van der Waals surface area contributed by atoms with Gasteiger partial charge in [0, 0.05) is 23.5 Å². The minimum Gasteiger partial charge on any atom is -0.495 e. The maximum absolute atomic E-state index is 13.1. The van der Waals surface area contributed by atoms with E-state index >= 15 is 0 Å². The number of carbonyl (C=O) groups is 2. The number of methoxy groups -OCH3 is 1. The lowest BCUT2D eigenvalue weighted by molar-refractivity contribution is -0.118. The van der Waals surface area contributed by atoms with Gasteiger partial charge in [0.1, 0.15) is 11.8 Å². The van der Waals surface area contributed by atoms with Crippen LogP contribution in [-0.4, -0.2) is 36.7 Å². The Morgan fingerprint density at radius 3 is 2.57 bits per heavy atom. The molecule has 0 spiro atoms. The Morgan fingerprint density at radius 1 is 1.07 bits per heavy atom. The molecule has 7 heteroatoms. The molecule has 30 heavy (non-hydrogen) atoms. The van der Waals surface area contributed by atoms with E-state index in [1.54, 1.807) is 18.2 Å². The van der Waals surface area contributed by atoms with Gasteiger partial charge in [0.15, 0.2) is 0 Å². The zero-order valence-corrected chi connectivity index (χ0v) is 17.4. The number of aromatic amines is 1. The van der Waals surface area contributed by atoms with Crippen LogP contribution in [0, 0.1) is 5.92 Å². The van der Waals surface area contributed by atoms with Crippen LogP contribution in [0.3, 0.4) is 0 Å². The van der Waals surface area contributed by atoms with Crippen molar-refractivity contribution in [3.63, 3.8) is 0 Å². The summed E-state index contributed by atoms with van der Waals surface area (Å²) in [4.78, 5) is 28.6. The maximum Gasteiger partial charge on any atom is 0.407 e. The molecule has 0 saturated heterocycles. The second kappa shape index (κ2) is 9.82. The third-order valence-corrected chi connectivity index (χ3v) is 4.62. The Kier molecular flexibility index (Phi) is 6.95. The molecule has 1 aromatic heterocycles. The molecule has 0 aliphatic carbocycles. The van der Waals surface area contributed by atoms with Crippen molar-refractivity contribution in [3.8, 4) is 5.75 Å². The predicted molar refractivity (Wildman–Crippen MR) is 117 cm³/mol. The van der Waals surface area contributed by atoms with Crippen LogP contribution in [0.15, 0.2) is 54.7 Å². The van der Waals surface area contributed by atoms with Gasteiger partial charge in [-0.15, -0.1) is 0 Å². The largest absolute Gasteiger partial charge is 0.495 e. The summed E-state index contributed by atoms with van der Waals surface area (Å²) in [6, 6.07) is 14.1. The van der Waals surface area contributed by atoms with Gasteiger partial charge in [-0.2, -0.15) is 0 Å². The predicted octanol–water partition coefficient (Wildman–Crippen LogP) is 4.11. The highest BCUT2D eigenvalue weighted by atomic mass is 16.5. The molecule has 3 aromatic rings. The number of aromatic nitrogens is 1. The van der Waals surface area contributed by atoms with Crippen molar-refractivity contribution in [1.82, 2.24) is 10.3 Å². The number of nitrogens with one attached hydrogen (secondary N) is 3. The molecule has 0 bridgehead atoms. The minimum atomic E-state index is -0.825. The van der Waals surface area contributed by atoms with Gasteiger partial charge < -0.3 is 25.1 Å². The molecule has 158 valence electrons. The van der Waals surface area contributed by atoms with Crippen molar-refractivity contribution < 1.29 is 19.1 Å². The van der Waals surface area contributed by atoms with Crippen LogP contribution in [0.5, 0.6) is 5.75 Å². The molecule has 0 fully saturated rings. The van der Waals surface area contributed by atoms with Crippen LogP contribution < -0.4 is 15.4 Å². The summed E-state index contributed by atoms with van der Waals surface area (Å²) < 4.78 is 10.5. The van der Waals surface area contributed by atoms with Gasteiger partial charge in [-0.3, -0.25) is 4.79 Å². The first-order chi connectivity index (χ1) is 14.5. The number of alkyl carbamates (subject to hydrolysis) is 1. The summed E-state index contributed by atoms with van der Waals surface area (Å²) in [5.41, 5.74) is 2.43. The van der Waals surface area contributed by atoms with Crippen molar-refractivity contribution >= 4 is 28.6 Å². The number of ether oxygens (including phenoxy) is 2. The molecule has 2 amide bonds. The van der Waals surface area contributed by atoms with Gasteiger partial charge in [0.2, 0.25) is 5.91 Å². The number of rotatable bonds is 8. The lowest BCUT2D eigenvalue weighted by Gasteiger charge is -2.19. The molecular formula is C23H27N3O4. The molecule has 3 N–H and O–H groups in total. The highest BCUT2D eigenvalue weighted by Crippen LogP contribution is 2.24. The molecular weight excluding hydrogens is 382 g/mol. The molecule has 0 saturated carbocycles. The van der Waals surface area contributed by atoms with E-state index in [9.17, 15) is 9.59 Å². The van der Waals surface area contributed by atoms with Gasteiger partial charge >= 0.3 is 6.09 Å². The number of benzene rings is 2. The number of hydrogen-bond donors (Lipinski definition) is 3. The summed E-state index contributed by atoms with van der Waals surface area (Å²) in [7, 11) is 1.54. The van der Waals surface area contributed by atoms with E-state index in [4.69, 9.17) is 9.47 Å². The SMILES string of the molecule is COc1ccccc1NC(=O)[C@@H](Cc1c[nH]c2ccccc12)NC(=O)OCC(C)C. The Balaban J connectivity index is 1.81. The van der Waals surface area contributed by atoms with E-state index in [-0.39, 0.29) is 18.4 Å². The quantitative estimate of drug-likeness (QED) is 0.522. The summed E-state index contributed by atoms with van der Waals surface area (Å²) >= 11 is 0. The minimum absolute atomic E-state index is 0.199. The monoisotopic (exact) mass is 409 g/mol. The smallest absolute Gasteiger partial charge is 0.407 e. The first-order valence-electron chi connectivity index (χ1n) is 9.90. The Labute approximate surface area is 175 Å². The zero-order valence-electron chi connectivity index (χ0n) is 17.4. The fourth-order valence-electron chi connectivity index (χ4n) is 3.12. The maximum atomic E-state index is 13.1. The molecule has 0 unspecified atom stereocenters. The van der Waals surface area contributed by atoms with E-state index in [1.807, 2.05) is 50.4 Å². The molecule has 1 heterocycles.